The molecule has 0 aliphatic rings. The van der Waals surface area contributed by atoms with Crippen LogP contribution in [0.5, 0.6) is 23.0 Å². The summed E-state index contributed by atoms with van der Waals surface area (Å²) in [5, 5.41) is 1.38. The van der Waals surface area contributed by atoms with Gasteiger partial charge in [-0.1, -0.05) is 6.07 Å². The first-order valence-corrected chi connectivity index (χ1v) is 8.08. The molecular weight excluding hydrogens is 334 g/mol. The van der Waals surface area contributed by atoms with E-state index in [0.29, 0.717) is 34.8 Å². The number of aromatic amines is 1. The molecule has 0 unspecified atom stereocenters. The van der Waals surface area contributed by atoms with E-state index in [-0.39, 0.29) is 5.56 Å². The summed E-state index contributed by atoms with van der Waals surface area (Å²) in [5.41, 5.74) is 1.83. The van der Waals surface area contributed by atoms with Crippen LogP contribution in [0.25, 0.3) is 10.8 Å². The van der Waals surface area contributed by atoms with Crippen molar-refractivity contribution in [1.82, 2.24) is 4.98 Å². The van der Waals surface area contributed by atoms with E-state index in [9.17, 15) is 4.79 Å². The van der Waals surface area contributed by atoms with Crippen LogP contribution >= 0.6 is 0 Å². The Morgan fingerprint density at radius 1 is 0.769 bits per heavy atom. The maximum Gasteiger partial charge on any atom is 0.255 e. The predicted molar refractivity (Wildman–Crippen MR) is 100 cm³/mol. The Bertz CT molecular complexity index is 993. The number of methoxy groups -OCH3 is 4. The predicted octanol–water partition coefficient (Wildman–Crippen LogP) is 3.15. The smallest absolute Gasteiger partial charge is 0.255 e. The van der Waals surface area contributed by atoms with Crippen LogP contribution in [0.4, 0.5) is 0 Å². The zero-order chi connectivity index (χ0) is 18.7. The van der Waals surface area contributed by atoms with Crippen molar-refractivity contribution >= 4 is 10.8 Å². The van der Waals surface area contributed by atoms with Crippen LogP contribution in [0.1, 0.15) is 11.1 Å². The molecule has 26 heavy (non-hydrogen) atoms. The molecule has 1 N–H and O–H groups in total. The Morgan fingerprint density at radius 3 is 1.96 bits per heavy atom. The quantitative estimate of drug-likeness (QED) is 0.736. The van der Waals surface area contributed by atoms with Gasteiger partial charge >= 0.3 is 0 Å². The van der Waals surface area contributed by atoms with Gasteiger partial charge in [-0.25, -0.2) is 0 Å². The number of ether oxygens (including phenoxy) is 4. The van der Waals surface area contributed by atoms with Crippen LogP contribution in [-0.2, 0) is 6.42 Å². The summed E-state index contributed by atoms with van der Waals surface area (Å²) in [6.45, 7) is 0. The number of benzene rings is 2. The lowest BCUT2D eigenvalue weighted by atomic mass is 10.00. The Kier molecular flexibility index (Phi) is 5.02. The number of H-pyrrole nitrogens is 1. The highest BCUT2D eigenvalue weighted by molar-refractivity contribution is 5.88. The van der Waals surface area contributed by atoms with Crippen molar-refractivity contribution in [2.24, 2.45) is 0 Å². The second-order valence-electron chi connectivity index (χ2n) is 5.76. The van der Waals surface area contributed by atoms with Gasteiger partial charge < -0.3 is 23.9 Å². The van der Waals surface area contributed by atoms with Crippen molar-refractivity contribution in [1.29, 1.82) is 0 Å². The Labute approximate surface area is 151 Å². The van der Waals surface area contributed by atoms with E-state index in [2.05, 4.69) is 4.98 Å². The van der Waals surface area contributed by atoms with Gasteiger partial charge in [0.05, 0.1) is 33.8 Å². The largest absolute Gasteiger partial charge is 0.493 e. The van der Waals surface area contributed by atoms with Crippen molar-refractivity contribution in [2.75, 3.05) is 28.4 Å². The van der Waals surface area contributed by atoms with Gasteiger partial charge in [0.15, 0.2) is 23.0 Å². The summed E-state index contributed by atoms with van der Waals surface area (Å²) in [6, 6.07) is 9.30. The summed E-state index contributed by atoms with van der Waals surface area (Å²) >= 11 is 0. The van der Waals surface area contributed by atoms with Gasteiger partial charge in [0.25, 0.3) is 5.56 Å². The summed E-state index contributed by atoms with van der Waals surface area (Å²) in [4.78, 5) is 15.0. The molecule has 0 aliphatic heterocycles. The minimum Gasteiger partial charge on any atom is -0.493 e. The van der Waals surface area contributed by atoms with Crippen molar-refractivity contribution in [3.8, 4) is 23.0 Å². The number of aromatic nitrogens is 1. The number of hydrogen-bond acceptors (Lipinski definition) is 5. The lowest BCUT2D eigenvalue weighted by molar-refractivity contribution is 0.354. The van der Waals surface area contributed by atoms with E-state index in [1.807, 2.05) is 24.3 Å². The first kappa shape index (κ1) is 17.7. The van der Waals surface area contributed by atoms with Crippen molar-refractivity contribution in [3.05, 3.63) is 58.0 Å². The summed E-state index contributed by atoms with van der Waals surface area (Å²) in [7, 11) is 6.33. The Morgan fingerprint density at radius 2 is 1.35 bits per heavy atom. The molecule has 3 aromatic rings. The molecular formula is C20H21NO5. The molecule has 0 saturated heterocycles. The van der Waals surface area contributed by atoms with Crippen molar-refractivity contribution in [2.45, 2.75) is 6.42 Å². The van der Waals surface area contributed by atoms with Gasteiger partial charge in [0.2, 0.25) is 0 Å². The highest BCUT2D eigenvalue weighted by atomic mass is 16.5. The zero-order valence-corrected chi connectivity index (χ0v) is 15.2. The van der Waals surface area contributed by atoms with E-state index in [1.54, 1.807) is 40.7 Å². The molecule has 0 radical (unpaired) electrons. The standard InChI is InChI=1S/C20H21NO5/c1-23-16-6-5-12(8-17(16)24-2)7-13-11-21-20(22)15-10-19(26-4)18(25-3)9-14(13)15/h5-6,8-11H,7H2,1-4H3,(H,21,22). The monoisotopic (exact) mass is 355 g/mol. The number of pyridine rings is 1. The van der Waals surface area contributed by atoms with E-state index in [0.717, 1.165) is 16.5 Å². The number of rotatable bonds is 6. The molecule has 0 bridgehead atoms. The summed E-state index contributed by atoms with van der Waals surface area (Å²) in [5.74, 6) is 2.44. The third-order valence-electron chi connectivity index (χ3n) is 4.33. The molecule has 3 rings (SSSR count). The number of fused-ring (bicyclic) bond motifs is 1. The van der Waals surface area contributed by atoms with E-state index >= 15 is 0 Å². The number of nitrogens with one attached hydrogen (secondary N) is 1. The van der Waals surface area contributed by atoms with E-state index in [1.165, 1.54) is 0 Å². The van der Waals surface area contributed by atoms with Crippen molar-refractivity contribution in [3.63, 3.8) is 0 Å². The highest BCUT2D eigenvalue weighted by Gasteiger charge is 2.13. The van der Waals surface area contributed by atoms with E-state index in [4.69, 9.17) is 18.9 Å². The van der Waals surface area contributed by atoms with Gasteiger partial charge in [-0.3, -0.25) is 4.79 Å². The first-order chi connectivity index (χ1) is 12.6. The molecule has 0 atom stereocenters. The van der Waals surface area contributed by atoms with Gasteiger partial charge in [0, 0.05) is 6.20 Å². The fourth-order valence-corrected chi connectivity index (χ4v) is 3.00. The SMILES string of the molecule is COc1ccc(Cc2c[nH]c(=O)c3cc(OC)c(OC)cc23)cc1OC. The van der Waals surface area contributed by atoms with Crippen LogP contribution in [0.2, 0.25) is 0 Å². The molecule has 0 saturated carbocycles. The van der Waals surface area contributed by atoms with Gasteiger partial charge in [-0.2, -0.15) is 0 Å². The number of hydrogen-bond donors (Lipinski definition) is 1. The molecule has 0 aliphatic carbocycles. The van der Waals surface area contributed by atoms with Crippen LogP contribution in [0.15, 0.2) is 41.3 Å². The molecule has 1 heterocycles. The van der Waals surface area contributed by atoms with Crippen LogP contribution in [0.3, 0.4) is 0 Å². The first-order valence-electron chi connectivity index (χ1n) is 8.08. The minimum atomic E-state index is -0.169. The second kappa shape index (κ2) is 7.39. The molecule has 0 spiro atoms. The normalized spacial score (nSPS) is 10.6. The summed E-state index contributed by atoms with van der Waals surface area (Å²) < 4.78 is 21.3. The summed E-state index contributed by atoms with van der Waals surface area (Å²) in [6.07, 6.45) is 2.34. The van der Waals surface area contributed by atoms with Crippen LogP contribution in [0, 0.1) is 0 Å². The van der Waals surface area contributed by atoms with Crippen LogP contribution in [-0.4, -0.2) is 33.4 Å². The van der Waals surface area contributed by atoms with Gasteiger partial charge in [-0.05, 0) is 47.2 Å². The molecule has 0 amide bonds. The van der Waals surface area contributed by atoms with Gasteiger partial charge in [-0.15, -0.1) is 0 Å². The van der Waals surface area contributed by atoms with Crippen molar-refractivity contribution < 1.29 is 18.9 Å². The molecule has 1 aromatic heterocycles. The molecule has 0 fully saturated rings. The zero-order valence-electron chi connectivity index (χ0n) is 15.2. The Balaban J connectivity index is 2.11. The fourth-order valence-electron chi connectivity index (χ4n) is 3.00. The lowest BCUT2D eigenvalue weighted by Gasteiger charge is -2.13. The molecule has 6 nitrogen and oxygen atoms in total. The molecule has 136 valence electrons. The second-order valence-corrected chi connectivity index (χ2v) is 5.76. The van der Waals surface area contributed by atoms with E-state index < -0.39 is 0 Å². The fraction of sp³-hybridized carbons (Fsp3) is 0.250. The van der Waals surface area contributed by atoms with Crippen LogP contribution < -0.4 is 24.5 Å². The average Bonchev–Trinajstić information content (AvgIpc) is 2.69. The third-order valence-corrected chi connectivity index (χ3v) is 4.33. The third kappa shape index (κ3) is 3.18. The molecule has 2 aromatic carbocycles. The maximum absolute atomic E-state index is 12.2. The van der Waals surface area contributed by atoms with Gasteiger partial charge in [0.1, 0.15) is 0 Å². The highest BCUT2D eigenvalue weighted by Crippen LogP contribution is 2.33. The molecule has 6 heteroatoms. The minimum absolute atomic E-state index is 0.169. The maximum atomic E-state index is 12.2. The topological polar surface area (TPSA) is 69.8 Å². The Hall–Kier alpha value is -3.15. The lowest BCUT2D eigenvalue weighted by Crippen LogP contribution is -2.08. The average molecular weight is 355 g/mol.